The van der Waals surface area contributed by atoms with Crippen LogP contribution in [0.1, 0.15) is 97.5 Å². The van der Waals surface area contributed by atoms with Crippen LogP contribution in [0.2, 0.25) is 0 Å². The minimum absolute atomic E-state index is 0.288. The van der Waals surface area contributed by atoms with E-state index in [1.807, 2.05) is 78.6 Å². The van der Waals surface area contributed by atoms with Gasteiger partial charge in [0.15, 0.2) is 19.7 Å². The number of nitrogens with zero attached hydrogens (tertiary/aromatic N) is 4. The van der Waals surface area contributed by atoms with Crippen molar-refractivity contribution in [3.8, 4) is 11.1 Å². The van der Waals surface area contributed by atoms with Crippen molar-refractivity contribution in [1.29, 1.82) is 0 Å². The molecule has 0 radical (unpaired) electrons. The van der Waals surface area contributed by atoms with Gasteiger partial charge in [-0.05, 0) is 110 Å². The van der Waals surface area contributed by atoms with Crippen LogP contribution in [0.5, 0.6) is 0 Å². The molecule has 2 aliphatic carbocycles. The summed E-state index contributed by atoms with van der Waals surface area (Å²) in [5, 5.41) is 11.7. The lowest BCUT2D eigenvalue weighted by molar-refractivity contribution is 0.00578. The smallest absolute Gasteiger partial charge is 0.399 e. The van der Waals surface area contributed by atoms with Gasteiger partial charge < -0.3 is 14.6 Å². The van der Waals surface area contributed by atoms with Gasteiger partial charge >= 0.3 is 7.12 Å². The van der Waals surface area contributed by atoms with E-state index >= 15 is 0 Å². The van der Waals surface area contributed by atoms with E-state index in [0.29, 0.717) is 16.9 Å². The van der Waals surface area contributed by atoms with Crippen LogP contribution in [0.25, 0.3) is 11.1 Å². The standard InChI is InChI=1S/C19H30BNO4S.C18H24N2O2S.C4H5BrN2/c1-18(2)19(3,4)25-20(24-18)16-13-15(26(5,22)23)11-12-17(16)21-14-9-7-6-8-10-14;1-20-13-16(12-19-20)18-11-17(23(2,21)22)9-8-15(18)10-14-6-4-3-5-7-14;1-7-3-4(5)2-6-7/h11-14,21H,6-10H2,1-5H3;8-9,11-14H,3-7,10H2,1-2H3;2-3H,1H3. The Morgan fingerprint density at radius 1 is 0.768 bits per heavy atom. The fourth-order valence-electron chi connectivity index (χ4n) is 7.42. The highest BCUT2D eigenvalue weighted by molar-refractivity contribution is 9.10. The molecule has 2 aromatic carbocycles. The monoisotopic (exact) mass is 871 g/mol. The molecule has 2 saturated carbocycles. The zero-order valence-electron chi connectivity index (χ0n) is 34.2. The van der Waals surface area contributed by atoms with E-state index < -0.39 is 38.0 Å². The van der Waals surface area contributed by atoms with Crippen molar-refractivity contribution in [1.82, 2.24) is 19.6 Å². The van der Waals surface area contributed by atoms with Crippen molar-refractivity contribution in [3.05, 3.63) is 71.2 Å². The summed E-state index contributed by atoms with van der Waals surface area (Å²) in [5.74, 6) is 0.711. The molecule has 56 heavy (non-hydrogen) atoms. The van der Waals surface area contributed by atoms with Crippen molar-refractivity contribution in [2.45, 2.75) is 125 Å². The Hall–Kier alpha value is -2.98. The predicted molar refractivity (Wildman–Crippen MR) is 229 cm³/mol. The van der Waals surface area contributed by atoms with Crippen LogP contribution in [0.15, 0.2) is 75.4 Å². The lowest BCUT2D eigenvalue weighted by Crippen LogP contribution is -2.41. The Kier molecular flexibility index (Phi) is 14.4. The van der Waals surface area contributed by atoms with Gasteiger partial charge in [0.05, 0.1) is 37.9 Å². The number of anilines is 1. The van der Waals surface area contributed by atoms with Gasteiger partial charge in [-0.2, -0.15) is 10.2 Å². The Balaban J connectivity index is 0.000000183. The molecule has 0 atom stereocenters. The lowest BCUT2D eigenvalue weighted by Gasteiger charge is -2.32. The summed E-state index contributed by atoms with van der Waals surface area (Å²) in [4.78, 5) is 0.667. The number of rotatable bonds is 8. The van der Waals surface area contributed by atoms with E-state index in [1.165, 1.54) is 69.4 Å². The lowest BCUT2D eigenvalue weighted by atomic mass is 9.77. The Morgan fingerprint density at radius 2 is 1.30 bits per heavy atom. The van der Waals surface area contributed by atoms with Crippen LogP contribution in [-0.4, -0.2) is 73.3 Å². The number of nitrogens with one attached hydrogen (secondary N) is 1. The van der Waals surface area contributed by atoms with Crippen molar-refractivity contribution < 1.29 is 26.1 Å². The highest BCUT2D eigenvalue weighted by Crippen LogP contribution is 2.38. The molecule has 11 nitrogen and oxygen atoms in total. The zero-order chi connectivity index (χ0) is 40.9. The van der Waals surface area contributed by atoms with Gasteiger partial charge in [-0.3, -0.25) is 9.36 Å². The quantitative estimate of drug-likeness (QED) is 0.175. The number of hydrogen-bond acceptors (Lipinski definition) is 9. The first-order chi connectivity index (χ1) is 26.2. The molecule has 2 aromatic heterocycles. The number of halogens is 1. The Labute approximate surface area is 343 Å². The molecule has 3 aliphatic rings. The van der Waals surface area contributed by atoms with Gasteiger partial charge in [0, 0.05) is 61.8 Å². The molecular weight excluding hydrogens is 813 g/mol. The summed E-state index contributed by atoms with van der Waals surface area (Å²) in [5.41, 5.74) is 3.95. The van der Waals surface area contributed by atoms with E-state index in [-0.39, 0.29) is 4.90 Å². The maximum absolute atomic E-state index is 12.1. The van der Waals surface area contributed by atoms with Crippen molar-refractivity contribution in [2.24, 2.45) is 20.0 Å². The molecule has 1 N–H and O–H groups in total. The van der Waals surface area contributed by atoms with Gasteiger partial charge in [0.1, 0.15) is 0 Å². The number of hydrogen-bond donors (Lipinski definition) is 1. The fourth-order valence-corrected chi connectivity index (χ4v) is 9.11. The number of aryl methyl sites for hydroxylation is 2. The van der Waals surface area contributed by atoms with Crippen molar-refractivity contribution >= 4 is 53.9 Å². The first kappa shape index (κ1) is 44.1. The minimum atomic E-state index is -3.30. The van der Waals surface area contributed by atoms with E-state index in [9.17, 15) is 16.8 Å². The van der Waals surface area contributed by atoms with Gasteiger partial charge in [0.25, 0.3) is 0 Å². The van der Waals surface area contributed by atoms with Crippen LogP contribution in [0.4, 0.5) is 5.69 Å². The van der Waals surface area contributed by atoms with Crippen LogP contribution in [-0.2, 0) is 49.5 Å². The summed E-state index contributed by atoms with van der Waals surface area (Å²) in [6.07, 6.45) is 23.5. The molecule has 1 aliphatic heterocycles. The largest absolute Gasteiger partial charge is 0.497 e. The number of sulfone groups is 2. The minimum Gasteiger partial charge on any atom is -0.399 e. The molecule has 1 saturated heterocycles. The summed E-state index contributed by atoms with van der Waals surface area (Å²) < 4.78 is 64.8. The molecule has 3 fully saturated rings. The molecule has 0 spiro atoms. The molecule has 0 unspecified atom stereocenters. The molecule has 4 aromatic rings. The first-order valence-corrected chi connectivity index (χ1v) is 24.2. The predicted octanol–water partition coefficient (Wildman–Crippen LogP) is 7.93. The van der Waals surface area contributed by atoms with Crippen LogP contribution in [0, 0.1) is 5.92 Å². The second-order valence-electron chi connectivity index (χ2n) is 16.6. The second-order valence-corrected chi connectivity index (χ2v) is 21.6. The van der Waals surface area contributed by atoms with E-state index in [2.05, 4.69) is 31.4 Å². The maximum atomic E-state index is 12.1. The molecule has 7 rings (SSSR count). The number of benzene rings is 2. The second kappa shape index (κ2) is 18.3. The molecular formula is C41H59BBrN5O6S2. The van der Waals surface area contributed by atoms with E-state index in [0.717, 1.165) is 46.0 Å². The molecule has 3 heterocycles. The summed E-state index contributed by atoms with van der Waals surface area (Å²) in [6.45, 7) is 8.01. The topological polar surface area (TPSA) is 134 Å². The van der Waals surface area contributed by atoms with Crippen molar-refractivity contribution in [3.63, 3.8) is 0 Å². The van der Waals surface area contributed by atoms with Gasteiger partial charge in [-0.1, -0.05) is 57.4 Å². The first-order valence-electron chi connectivity index (χ1n) is 19.6. The number of aromatic nitrogens is 4. The Morgan fingerprint density at radius 3 is 1.80 bits per heavy atom. The fraction of sp³-hybridized carbons (Fsp3) is 0.561. The summed E-state index contributed by atoms with van der Waals surface area (Å²) in [6, 6.07) is 11.2. The van der Waals surface area contributed by atoms with Gasteiger partial charge in [-0.15, -0.1) is 0 Å². The molecule has 0 amide bonds. The van der Waals surface area contributed by atoms with Crippen LogP contribution in [0.3, 0.4) is 0 Å². The SMILES string of the molecule is CC1(C)OB(c2cc(S(C)(=O)=O)ccc2NC2CCCCC2)OC1(C)C.Cn1cc(-c2cc(S(C)(=O)=O)ccc2CC2CCCCC2)cn1.Cn1cc(Br)cn1. The third-order valence-corrected chi connectivity index (χ3v) is 14.0. The average molecular weight is 873 g/mol. The van der Waals surface area contributed by atoms with Crippen LogP contribution >= 0.6 is 15.9 Å². The molecule has 15 heteroatoms. The highest BCUT2D eigenvalue weighted by atomic mass is 79.9. The third kappa shape index (κ3) is 11.8. The zero-order valence-corrected chi connectivity index (χ0v) is 37.4. The molecule has 0 bridgehead atoms. The summed E-state index contributed by atoms with van der Waals surface area (Å²) >= 11 is 3.25. The van der Waals surface area contributed by atoms with E-state index in [4.69, 9.17) is 9.31 Å². The highest BCUT2D eigenvalue weighted by Gasteiger charge is 2.52. The van der Waals surface area contributed by atoms with Gasteiger partial charge in [0.2, 0.25) is 0 Å². The van der Waals surface area contributed by atoms with E-state index in [1.54, 1.807) is 33.8 Å². The van der Waals surface area contributed by atoms with Crippen molar-refractivity contribution in [2.75, 3.05) is 17.8 Å². The maximum Gasteiger partial charge on any atom is 0.497 e. The molecule has 306 valence electrons. The normalized spacial score (nSPS) is 18.8. The summed E-state index contributed by atoms with van der Waals surface area (Å²) in [7, 11) is -3.34. The Bertz CT molecular complexity index is 2120. The third-order valence-electron chi connectivity index (χ3n) is 11.4. The van der Waals surface area contributed by atoms with Gasteiger partial charge in [-0.25, -0.2) is 16.8 Å². The van der Waals surface area contributed by atoms with Crippen LogP contribution < -0.4 is 10.8 Å². The average Bonchev–Trinajstić information content (AvgIpc) is 3.80.